The van der Waals surface area contributed by atoms with Crippen LogP contribution in [0.25, 0.3) is 11.1 Å². The lowest BCUT2D eigenvalue weighted by molar-refractivity contribution is 0.103. The average molecular weight is 445 g/mol. The molecule has 0 fully saturated rings. The molecule has 0 radical (unpaired) electrons. The minimum Gasteiger partial charge on any atom is -0.504 e. The van der Waals surface area contributed by atoms with E-state index >= 15 is 0 Å². The first-order valence-electron chi connectivity index (χ1n) is 8.53. The van der Waals surface area contributed by atoms with E-state index in [1.165, 1.54) is 6.07 Å². The number of benzene rings is 3. The van der Waals surface area contributed by atoms with Gasteiger partial charge in [0, 0.05) is 11.1 Å². The number of hydrogen-bond acceptors (Lipinski definition) is 4. The van der Waals surface area contributed by atoms with Gasteiger partial charge < -0.3 is 14.9 Å². The number of phenolic OH excluding ortho intramolecular Hbond substituents is 2. The lowest BCUT2D eigenvalue weighted by Crippen LogP contribution is -2.04. The first-order chi connectivity index (χ1) is 13.4. The second kappa shape index (κ2) is 8.54. The maximum atomic E-state index is 14.1. The predicted molar refractivity (Wildman–Crippen MR) is 108 cm³/mol. The average Bonchev–Trinajstić information content (AvgIpc) is 2.70. The molecule has 0 aromatic heterocycles. The molecule has 0 aliphatic carbocycles. The number of phenols is 2. The van der Waals surface area contributed by atoms with Crippen molar-refractivity contribution in [1.82, 2.24) is 0 Å². The number of aromatic hydroxyl groups is 2. The van der Waals surface area contributed by atoms with E-state index in [-0.39, 0.29) is 12.2 Å². The second-order valence-corrected chi connectivity index (χ2v) is 7.17. The third-order valence-electron chi connectivity index (χ3n) is 4.52. The highest BCUT2D eigenvalue weighted by molar-refractivity contribution is 9.10. The molecule has 0 atom stereocenters. The highest BCUT2D eigenvalue weighted by Crippen LogP contribution is 2.43. The molecule has 0 saturated carbocycles. The van der Waals surface area contributed by atoms with Gasteiger partial charge in [-0.05, 0) is 51.7 Å². The van der Waals surface area contributed by atoms with Gasteiger partial charge in [0.25, 0.3) is 0 Å². The third-order valence-corrected chi connectivity index (χ3v) is 5.16. The highest BCUT2D eigenvalue weighted by atomic mass is 79.9. The highest BCUT2D eigenvalue weighted by Gasteiger charge is 2.23. The van der Waals surface area contributed by atoms with Crippen molar-refractivity contribution in [3.8, 4) is 22.6 Å². The number of ether oxygens (including phenoxy) is 1. The predicted octanol–water partition coefficient (Wildman–Crippen LogP) is 5.50. The van der Waals surface area contributed by atoms with Crippen LogP contribution >= 0.6 is 15.9 Å². The van der Waals surface area contributed by atoms with Gasteiger partial charge in [0.2, 0.25) is 0 Å². The Bertz CT molecular complexity index is 1020. The number of carbonyl (C=O) groups is 1. The number of aldehydes is 1. The molecule has 0 aliphatic heterocycles. The lowest BCUT2D eigenvalue weighted by atomic mass is 9.90. The van der Waals surface area contributed by atoms with Crippen molar-refractivity contribution in [2.24, 2.45) is 0 Å². The summed E-state index contributed by atoms with van der Waals surface area (Å²) in [5.74, 6) is -1.40. The van der Waals surface area contributed by atoms with Crippen LogP contribution in [0.15, 0.2) is 53.0 Å². The largest absolute Gasteiger partial charge is 0.504 e. The van der Waals surface area contributed by atoms with Crippen LogP contribution in [0.2, 0.25) is 0 Å². The van der Waals surface area contributed by atoms with Gasteiger partial charge in [0.1, 0.15) is 5.82 Å². The van der Waals surface area contributed by atoms with Crippen LogP contribution in [-0.4, -0.2) is 16.5 Å². The molecule has 0 unspecified atom stereocenters. The Hall–Kier alpha value is -2.70. The van der Waals surface area contributed by atoms with Gasteiger partial charge in [0.15, 0.2) is 17.8 Å². The van der Waals surface area contributed by atoms with Crippen LogP contribution in [0.3, 0.4) is 0 Å². The summed E-state index contributed by atoms with van der Waals surface area (Å²) in [6, 6.07) is 14.0. The Morgan fingerprint density at radius 3 is 2.43 bits per heavy atom. The summed E-state index contributed by atoms with van der Waals surface area (Å²) in [4.78, 5) is 11.6. The van der Waals surface area contributed by atoms with E-state index in [9.17, 15) is 19.4 Å². The van der Waals surface area contributed by atoms with E-state index in [2.05, 4.69) is 15.9 Å². The zero-order valence-electron chi connectivity index (χ0n) is 15.1. The van der Waals surface area contributed by atoms with E-state index in [0.717, 1.165) is 5.56 Å². The van der Waals surface area contributed by atoms with E-state index in [0.29, 0.717) is 39.6 Å². The molecular weight excluding hydrogens is 427 g/mol. The zero-order chi connectivity index (χ0) is 20.3. The lowest BCUT2D eigenvalue weighted by Gasteiger charge is -2.19. The fourth-order valence-corrected chi connectivity index (χ4v) is 3.34. The van der Waals surface area contributed by atoms with Gasteiger partial charge in [0.05, 0.1) is 23.2 Å². The molecule has 0 spiro atoms. The number of hydrogen-bond donors (Lipinski definition) is 2. The number of rotatable bonds is 6. The Labute approximate surface area is 170 Å². The smallest absolute Gasteiger partial charge is 0.168 e. The summed E-state index contributed by atoms with van der Waals surface area (Å²) in [5, 5.41) is 20.5. The third kappa shape index (κ3) is 3.93. The van der Waals surface area contributed by atoms with Crippen molar-refractivity contribution >= 4 is 22.2 Å². The summed E-state index contributed by atoms with van der Waals surface area (Å²) in [5.41, 5.74) is 2.52. The summed E-state index contributed by atoms with van der Waals surface area (Å²) >= 11 is 3.12. The molecule has 144 valence electrons. The molecule has 3 aromatic carbocycles. The summed E-state index contributed by atoms with van der Waals surface area (Å²) in [7, 11) is 0. The van der Waals surface area contributed by atoms with Crippen molar-refractivity contribution in [1.29, 1.82) is 0 Å². The van der Waals surface area contributed by atoms with E-state index in [1.54, 1.807) is 19.1 Å². The molecule has 3 rings (SSSR count). The van der Waals surface area contributed by atoms with E-state index < -0.39 is 17.3 Å². The quantitative estimate of drug-likeness (QED) is 0.388. The van der Waals surface area contributed by atoms with Gasteiger partial charge in [-0.3, -0.25) is 4.79 Å². The first-order valence-corrected chi connectivity index (χ1v) is 9.33. The summed E-state index contributed by atoms with van der Waals surface area (Å²) in [6.07, 6.45) is 0.467. The van der Waals surface area contributed by atoms with Crippen molar-refractivity contribution < 1.29 is 24.1 Å². The fourth-order valence-electron chi connectivity index (χ4n) is 3.09. The fraction of sp³-hybridized carbons (Fsp3) is 0.136. The molecule has 0 saturated heterocycles. The Kier molecular flexibility index (Phi) is 6.11. The van der Waals surface area contributed by atoms with Crippen LogP contribution in [-0.2, 0) is 18.0 Å². The molecule has 4 nitrogen and oxygen atoms in total. The second-order valence-electron chi connectivity index (χ2n) is 6.31. The topological polar surface area (TPSA) is 66.8 Å². The van der Waals surface area contributed by atoms with Crippen LogP contribution in [0.5, 0.6) is 11.5 Å². The molecular formula is C22H18BrFO4. The van der Waals surface area contributed by atoms with Gasteiger partial charge in [-0.15, -0.1) is 0 Å². The maximum Gasteiger partial charge on any atom is 0.168 e. The van der Waals surface area contributed by atoms with Gasteiger partial charge in [-0.2, -0.15) is 0 Å². The molecule has 6 heteroatoms. The monoisotopic (exact) mass is 444 g/mol. The normalized spacial score (nSPS) is 10.8. The number of carbonyl (C=O) groups excluding carboxylic acids is 1. The summed E-state index contributed by atoms with van der Waals surface area (Å²) < 4.78 is 20.2. The Morgan fingerprint density at radius 2 is 1.79 bits per heavy atom. The molecule has 28 heavy (non-hydrogen) atoms. The molecule has 0 amide bonds. The Balaban J connectivity index is 2.07. The summed E-state index contributed by atoms with van der Waals surface area (Å²) in [6.45, 7) is 1.90. The minimum atomic E-state index is -0.507. The minimum absolute atomic E-state index is 0.00463. The standard InChI is InChI=1S/C22H18BrFO4/c1-13-20(15-7-8-18(23)19(24)9-15)17(16(10-25)22(27)21(13)26)12-28-11-14-5-3-2-4-6-14/h2-10,26-27H,11-12H2,1H3. The van der Waals surface area contributed by atoms with Crippen LogP contribution in [0.1, 0.15) is 27.0 Å². The first kappa shape index (κ1) is 20.0. The van der Waals surface area contributed by atoms with Crippen molar-refractivity contribution in [3.63, 3.8) is 0 Å². The van der Waals surface area contributed by atoms with Gasteiger partial charge >= 0.3 is 0 Å². The molecule has 2 N–H and O–H groups in total. The van der Waals surface area contributed by atoms with Crippen molar-refractivity contribution in [2.45, 2.75) is 20.1 Å². The van der Waals surface area contributed by atoms with Crippen molar-refractivity contribution in [2.75, 3.05) is 0 Å². The van der Waals surface area contributed by atoms with E-state index in [4.69, 9.17) is 4.74 Å². The van der Waals surface area contributed by atoms with Crippen LogP contribution in [0.4, 0.5) is 4.39 Å². The molecule has 0 bridgehead atoms. The molecule has 0 aliphatic rings. The van der Waals surface area contributed by atoms with Crippen LogP contribution in [0, 0.1) is 12.7 Å². The maximum absolute atomic E-state index is 14.1. The van der Waals surface area contributed by atoms with Gasteiger partial charge in [-0.25, -0.2) is 4.39 Å². The SMILES string of the molecule is Cc1c(O)c(O)c(C=O)c(COCc2ccccc2)c1-c1ccc(Br)c(F)c1. The van der Waals surface area contributed by atoms with Crippen molar-refractivity contribution in [3.05, 3.63) is 81.1 Å². The molecule has 3 aromatic rings. The van der Waals surface area contributed by atoms with Crippen LogP contribution < -0.4 is 0 Å². The zero-order valence-corrected chi connectivity index (χ0v) is 16.7. The van der Waals surface area contributed by atoms with E-state index in [1.807, 2.05) is 30.3 Å². The molecule has 0 heterocycles. The van der Waals surface area contributed by atoms with Gasteiger partial charge in [-0.1, -0.05) is 36.4 Å². The Morgan fingerprint density at radius 1 is 1.07 bits per heavy atom. The number of halogens is 2.